The van der Waals surface area contributed by atoms with Gasteiger partial charge in [0.05, 0.1) is 18.3 Å². The molecule has 4 nitrogen and oxygen atoms in total. The molecule has 1 aromatic rings. The number of hydrogen-bond acceptors (Lipinski definition) is 5. The fraction of sp³-hybridized carbons (Fsp3) is 0.364. The molecule has 0 amide bonds. The van der Waals surface area contributed by atoms with E-state index in [1.807, 2.05) is 41.1 Å². The molecular weight excluding hydrogens is 428 g/mol. The van der Waals surface area contributed by atoms with E-state index in [2.05, 4.69) is 17.7 Å². The second-order valence-electron chi connectivity index (χ2n) is 6.95. The molecule has 162 valence electrons. The average molecular weight is 454 g/mol. The minimum Gasteiger partial charge on any atom is -0.347 e. The SMILES string of the molecule is CC/C=C/C=C1\NC=CN1Cc1c(F)cc(/C(=C/F)NOC2CCSCC2)cc1Cl. The van der Waals surface area contributed by atoms with E-state index in [0.717, 1.165) is 36.6 Å². The monoisotopic (exact) mass is 453 g/mol. The molecule has 8 heteroatoms. The van der Waals surface area contributed by atoms with E-state index >= 15 is 0 Å². The molecule has 1 aromatic carbocycles. The zero-order valence-electron chi connectivity index (χ0n) is 16.8. The largest absolute Gasteiger partial charge is 0.347 e. The first-order valence-corrected chi connectivity index (χ1v) is 11.5. The Bertz CT molecular complexity index is 828. The van der Waals surface area contributed by atoms with Gasteiger partial charge in [-0.2, -0.15) is 11.8 Å². The maximum atomic E-state index is 14.9. The van der Waals surface area contributed by atoms with Crippen LogP contribution in [0.2, 0.25) is 5.02 Å². The summed E-state index contributed by atoms with van der Waals surface area (Å²) in [6, 6.07) is 2.82. The molecule has 0 unspecified atom stereocenters. The molecule has 3 rings (SSSR count). The van der Waals surface area contributed by atoms with Crippen molar-refractivity contribution in [1.29, 1.82) is 0 Å². The predicted octanol–water partition coefficient (Wildman–Crippen LogP) is 5.85. The van der Waals surface area contributed by atoms with Crippen LogP contribution in [0.25, 0.3) is 5.70 Å². The van der Waals surface area contributed by atoms with Crippen molar-refractivity contribution < 1.29 is 13.6 Å². The number of hydrogen-bond donors (Lipinski definition) is 2. The summed E-state index contributed by atoms with van der Waals surface area (Å²) in [6.45, 7) is 2.30. The fourth-order valence-corrected chi connectivity index (χ4v) is 4.45. The number of thioether (sulfide) groups is 1. The molecule has 2 aliphatic heterocycles. The summed E-state index contributed by atoms with van der Waals surface area (Å²) in [4.78, 5) is 7.45. The summed E-state index contributed by atoms with van der Waals surface area (Å²) in [5.74, 6) is 2.35. The molecular formula is C22H26ClF2N3OS. The zero-order valence-corrected chi connectivity index (χ0v) is 18.4. The van der Waals surface area contributed by atoms with Crippen LogP contribution in [0, 0.1) is 5.82 Å². The third-order valence-corrected chi connectivity index (χ3v) is 6.20. The van der Waals surface area contributed by atoms with E-state index in [9.17, 15) is 8.78 Å². The normalized spacial score (nSPS) is 19.1. The summed E-state index contributed by atoms with van der Waals surface area (Å²) in [5, 5.41) is 3.34. The van der Waals surface area contributed by atoms with Crippen LogP contribution >= 0.6 is 23.4 Å². The Balaban J connectivity index is 1.70. The quantitative estimate of drug-likeness (QED) is 0.483. The molecule has 1 fully saturated rings. The van der Waals surface area contributed by atoms with Crippen molar-refractivity contribution in [3.63, 3.8) is 0 Å². The molecule has 0 aromatic heterocycles. The lowest BCUT2D eigenvalue weighted by atomic mass is 10.1. The summed E-state index contributed by atoms with van der Waals surface area (Å²) >= 11 is 8.25. The van der Waals surface area contributed by atoms with E-state index in [1.54, 1.807) is 12.3 Å². The number of allylic oxidation sites excluding steroid dienone is 3. The predicted molar refractivity (Wildman–Crippen MR) is 120 cm³/mol. The van der Waals surface area contributed by atoms with Gasteiger partial charge in [-0.15, -0.1) is 0 Å². The summed E-state index contributed by atoms with van der Waals surface area (Å²) in [7, 11) is 0. The highest BCUT2D eigenvalue weighted by Gasteiger charge is 2.19. The van der Waals surface area contributed by atoms with Crippen LogP contribution in [0.4, 0.5) is 8.78 Å². The van der Waals surface area contributed by atoms with Crippen molar-refractivity contribution in [2.75, 3.05) is 11.5 Å². The van der Waals surface area contributed by atoms with Gasteiger partial charge in [-0.05, 0) is 49.0 Å². The molecule has 2 N–H and O–H groups in total. The average Bonchev–Trinajstić information content (AvgIpc) is 3.19. The zero-order chi connectivity index (χ0) is 21.3. The van der Waals surface area contributed by atoms with Crippen molar-refractivity contribution in [1.82, 2.24) is 15.7 Å². The van der Waals surface area contributed by atoms with Gasteiger partial charge in [-0.25, -0.2) is 8.78 Å². The lowest BCUT2D eigenvalue weighted by Gasteiger charge is -2.23. The van der Waals surface area contributed by atoms with Gasteiger partial charge < -0.3 is 10.2 Å². The first-order chi connectivity index (χ1) is 14.6. The smallest absolute Gasteiger partial charge is 0.130 e. The van der Waals surface area contributed by atoms with Crippen LogP contribution in [0.5, 0.6) is 0 Å². The van der Waals surface area contributed by atoms with Crippen LogP contribution in [0.3, 0.4) is 0 Å². The molecule has 0 bridgehead atoms. The minimum atomic E-state index is -0.503. The van der Waals surface area contributed by atoms with Crippen LogP contribution in [-0.4, -0.2) is 22.5 Å². The maximum Gasteiger partial charge on any atom is 0.130 e. The summed E-state index contributed by atoms with van der Waals surface area (Å²) < 4.78 is 28.4. The highest BCUT2D eigenvalue weighted by molar-refractivity contribution is 7.99. The van der Waals surface area contributed by atoms with Crippen LogP contribution in [0.15, 0.2) is 54.9 Å². The van der Waals surface area contributed by atoms with Gasteiger partial charge in [0.1, 0.15) is 18.0 Å². The molecule has 2 heterocycles. The van der Waals surface area contributed by atoms with Gasteiger partial charge >= 0.3 is 0 Å². The lowest BCUT2D eigenvalue weighted by molar-refractivity contribution is 0.000311. The Kier molecular flexibility index (Phi) is 8.66. The number of nitrogens with zero attached hydrogens (tertiary/aromatic N) is 1. The number of halogens is 3. The molecule has 0 atom stereocenters. The molecule has 1 saturated heterocycles. The van der Waals surface area contributed by atoms with Crippen molar-refractivity contribution in [2.24, 2.45) is 0 Å². The van der Waals surface area contributed by atoms with Gasteiger partial charge in [-0.1, -0.05) is 30.7 Å². The van der Waals surface area contributed by atoms with E-state index in [4.69, 9.17) is 16.4 Å². The van der Waals surface area contributed by atoms with Crippen molar-refractivity contribution in [3.05, 3.63) is 76.9 Å². The summed E-state index contributed by atoms with van der Waals surface area (Å²) in [6.07, 6.45) is 12.6. The Morgan fingerprint density at radius 2 is 2.20 bits per heavy atom. The topological polar surface area (TPSA) is 36.5 Å². The lowest BCUT2D eigenvalue weighted by Crippen LogP contribution is -2.26. The van der Waals surface area contributed by atoms with E-state index in [-0.39, 0.29) is 23.4 Å². The van der Waals surface area contributed by atoms with Gasteiger partial charge in [0.25, 0.3) is 0 Å². The molecule has 30 heavy (non-hydrogen) atoms. The molecule has 2 aliphatic rings. The fourth-order valence-electron chi connectivity index (χ4n) is 3.12. The third-order valence-electron chi connectivity index (χ3n) is 4.81. The Morgan fingerprint density at radius 1 is 1.40 bits per heavy atom. The second-order valence-corrected chi connectivity index (χ2v) is 8.58. The van der Waals surface area contributed by atoms with Gasteiger partial charge in [0.2, 0.25) is 0 Å². The van der Waals surface area contributed by atoms with Crippen molar-refractivity contribution in [2.45, 2.75) is 38.8 Å². The van der Waals surface area contributed by atoms with E-state index < -0.39 is 5.82 Å². The number of benzene rings is 1. The van der Waals surface area contributed by atoms with Gasteiger partial charge in [0, 0.05) is 28.5 Å². The van der Waals surface area contributed by atoms with Gasteiger partial charge in [0.15, 0.2) is 0 Å². The standard InChI is InChI=1S/C22H26ClF2N3OS/c1-2-3-4-5-22-26-8-9-28(22)15-18-19(23)12-16(13-20(18)25)21(14-24)27-29-17-6-10-30-11-7-17/h3-5,8-9,12-14,17,26-27H,2,6-7,10-11,15H2,1H3/b4-3+,21-14-,22-5+. The molecule has 0 radical (unpaired) electrons. The van der Waals surface area contributed by atoms with Crippen LogP contribution in [-0.2, 0) is 11.4 Å². The Morgan fingerprint density at radius 3 is 2.90 bits per heavy atom. The van der Waals surface area contributed by atoms with Crippen LogP contribution < -0.4 is 10.8 Å². The molecule has 0 spiro atoms. The third kappa shape index (κ3) is 6.03. The van der Waals surface area contributed by atoms with Crippen LogP contribution in [0.1, 0.15) is 37.3 Å². The highest BCUT2D eigenvalue weighted by atomic mass is 35.5. The van der Waals surface area contributed by atoms with Gasteiger partial charge in [-0.3, -0.25) is 10.3 Å². The molecule has 0 aliphatic carbocycles. The Hall–Kier alpha value is -1.96. The number of nitrogens with one attached hydrogen (secondary N) is 2. The minimum absolute atomic E-state index is 0.0159. The Labute approximate surface area is 185 Å². The number of hydroxylamine groups is 1. The first-order valence-electron chi connectivity index (χ1n) is 9.97. The highest BCUT2D eigenvalue weighted by Crippen LogP contribution is 2.28. The van der Waals surface area contributed by atoms with E-state index in [1.165, 1.54) is 6.07 Å². The second kappa shape index (κ2) is 11.4. The summed E-state index contributed by atoms with van der Waals surface area (Å²) in [5.41, 5.74) is 3.32. The maximum absolute atomic E-state index is 14.9. The first kappa shape index (κ1) is 22.7. The van der Waals surface area contributed by atoms with Crippen molar-refractivity contribution in [3.8, 4) is 0 Å². The number of rotatable bonds is 8. The van der Waals surface area contributed by atoms with Crippen molar-refractivity contribution >= 4 is 29.1 Å². The molecule has 0 saturated carbocycles. The van der Waals surface area contributed by atoms with E-state index in [0.29, 0.717) is 17.5 Å².